The van der Waals surface area contributed by atoms with Gasteiger partial charge in [-0.15, -0.1) is 0 Å². The molecule has 0 saturated heterocycles. The Bertz CT molecular complexity index is 712. The highest BCUT2D eigenvalue weighted by molar-refractivity contribution is 7.92. The van der Waals surface area contributed by atoms with Gasteiger partial charge in [0.2, 0.25) is 0 Å². The van der Waals surface area contributed by atoms with E-state index in [0.29, 0.717) is 5.69 Å². The zero-order valence-electron chi connectivity index (χ0n) is 11.2. The molecule has 2 aromatic rings. The molecule has 106 valence electrons. The van der Waals surface area contributed by atoms with Crippen molar-refractivity contribution in [3.63, 3.8) is 0 Å². The summed E-state index contributed by atoms with van der Waals surface area (Å²) in [6.07, 6.45) is 0. The lowest BCUT2D eigenvalue weighted by Crippen LogP contribution is -2.14. The van der Waals surface area contributed by atoms with Gasteiger partial charge in [-0.25, -0.2) is 8.42 Å². The van der Waals surface area contributed by atoms with Gasteiger partial charge < -0.3 is 10.0 Å². The van der Waals surface area contributed by atoms with Crippen LogP contribution in [0.4, 0.5) is 11.4 Å². The summed E-state index contributed by atoms with van der Waals surface area (Å²) in [4.78, 5) is 1.73. The van der Waals surface area contributed by atoms with Crippen molar-refractivity contribution in [1.29, 1.82) is 0 Å². The van der Waals surface area contributed by atoms with Crippen molar-refractivity contribution in [1.82, 2.24) is 0 Å². The fourth-order valence-corrected chi connectivity index (χ4v) is 2.89. The summed E-state index contributed by atoms with van der Waals surface area (Å²) in [5.74, 6) is -0.274. The molecule has 0 aliphatic carbocycles. The lowest BCUT2D eigenvalue weighted by Gasteiger charge is -2.14. The molecule has 0 radical (unpaired) electrons. The highest BCUT2D eigenvalue weighted by atomic mass is 32.2. The quantitative estimate of drug-likeness (QED) is 0.907. The van der Waals surface area contributed by atoms with Gasteiger partial charge in [-0.05, 0) is 30.3 Å². The summed E-state index contributed by atoms with van der Waals surface area (Å²) in [5.41, 5.74) is 1.32. The number of rotatable bonds is 4. The zero-order valence-corrected chi connectivity index (χ0v) is 12.1. The summed E-state index contributed by atoms with van der Waals surface area (Å²) in [6, 6.07) is 12.8. The molecule has 0 spiro atoms. The average Bonchev–Trinajstić information content (AvgIpc) is 2.38. The molecule has 0 amide bonds. The second-order valence-electron chi connectivity index (χ2n) is 4.52. The Morgan fingerprint density at radius 3 is 2.40 bits per heavy atom. The molecule has 0 aliphatic rings. The first-order chi connectivity index (χ1) is 9.40. The molecule has 5 nitrogen and oxygen atoms in total. The molecule has 0 heterocycles. The van der Waals surface area contributed by atoms with Gasteiger partial charge in [-0.3, -0.25) is 4.72 Å². The Kier molecular flexibility index (Phi) is 3.85. The highest BCUT2D eigenvalue weighted by Gasteiger charge is 2.18. The fourth-order valence-electron chi connectivity index (χ4n) is 1.74. The number of sulfonamides is 1. The summed E-state index contributed by atoms with van der Waals surface area (Å²) >= 11 is 0. The number of phenols is 1. The second kappa shape index (κ2) is 5.42. The molecule has 0 fully saturated rings. The van der Waals surface area contributed by atoms with Crippen LogP contribution in [-0.2, 0) is 10.0 Å². The van der Waals surface area contributed by atoms with E-state index in [1.54, 1.807) is 30.3 Å². The maximum Gasteiger partial charge on any atom is 0.265 e. The molecular formula is C14H16N2O3S. The van der Waals surface area contributed by atoms with Crippen molar-refractivity contribution in [3.05, 3.63) is 48.5 Å². The van der Waals surface area contributed by atoms with Crippen LogP contribution in [0.25, 0.3) is 0 Å². The van der Waals surface area contributed by atoms with Gasteiger partial charge in [-0.2, -0.15) is 0 Å². The summed E-state index contributed by atoms with van der Waals surface area (Å²) in [6.45, 7) is 0. The van der Waals surface area contributed by atoms with Crippen LogP contribution in [-0.4, -0.2) is 27.6 Å². The molecule has 0 unspecified atom stereocenters. The number of anilines is 2. The zero-order chi connectivity index (χ0) is 14.8. The maximum atomic E-state index is 12.2. The third-order valence-corrected chi connectivity index (χ3v) is 4.20. The van der Waals surface area contributed by atoms with Crippen LogP contribution >= 0.6 is 0 Å². The molecule has 0 bridgehead atoms. The largest absolute Gasteiger partial charge is 0.507 e. The van der Waals surface area contributed by atoms with E-state index in [1.165, 1.54) is 12.1 Å². The molecule has 2 aromatic carbocycles. The van der Waals surface area contributed by atoms with Crippen molar-refractivity contribution in [2.45, 2.75) is 4.90 Å². The number of benzene rings is 2. The van der Waals surface area contributed by atoms with Gasteiger partial charge in [0, 0.05) is 19.8 Å². The predicted molar refractivity (Wildman–Crippen MR) is 79.7 cm³/mol. The molecule has 6 heteroatoms. The molecule has 0 aliphatic heterocycles. The first-order valence-electron chi connectivity index (χ1n) is 5.98. The van der Waals surface area contributed by atoms with E-state index < -0.39 is 10.0 Å². The minimum absolute atomic E-state index is 0.143. The Balaban J connectivity index is 2.34. The molecule has 20 heavy (non-hydrogen) atoms. The van der Waals surface area contributed by atoms with E-state index in [-0.39, 0.29) is 10.6 Å². The topological polar surface area (TPSA) is 69.6 Å². The first kappa shape index (κ1) is 14.2. The standard InChI is InChI=1S/C14H16N2O3S/c1-16(2)12-7-5-6-11(10-12)15-20(18,19)14-9-4-3-8-13(14)17/h3-10,15,17H,1-2H3. The number of hydrogen-bond acceptors (Lipinski definition) is 4. The van der Waals surface area contributed by atoms with Crippen molar-refractivity contribution >= 4 is 21.4 Å². The van der Waals surface area contributed by atoms with E-state index in [0.717, 1.165) is 5.69 Å². The van der Waals surface area contributed by atoms with Gasteiger partial charge >= 0.3 is 0 Å². The van der Waals surface area contributed by atoms with Gasteiger partial charge in [0.15, 0.2) is 0 Å². The van der Waals surface area contributed by atoms with Crippen LogP contribution in [0.2, 0.25) is 0 Å². The van der Waals surface area contributed by atoms with Crippen molar-refractivity contribution < 1.29 is 13.5 Å². The molecule has 0 saturated carbocycles. The van der Waals surface area contributed by atoms with E-state index in [9.17, 15) is 13.5 Å². The Labute approximate surface area is 118 Å². The SMILES string of the molecule is CN(C)c1cccc(NS(=O)(=O)c2ccccc2O)c1. The van der Waals surface area contributed by atoms with Gasteiger partial charge in [0.05, 0.1) is 5.69 Å². The number of nitrogens with zero attached hydrogens (tertiary/aromatic N) is 1. The van der Waals surface area contributed by atoms with Crippen molar-refractivity contribution in [2.75, 3.05) is 23.7 Å². The number of phenolic OH excluding ortho intramolecular Hbond substituents is 1. The van der Waals surface area contributed by atoms with Crippen LogP contribution in [0.5, 0.6) is 5.75 Å². The third-order valence-electron chi connectivity index (χ3n) is 2.77. The van der Waals surface area contributed by atoms with Gasteiger partial charge in [0.1, 0.15) is 10.6 Å². The Morgan fingerprint density at radius 1 is 1.05 bits per heavy atom. The predicted octanol–water partition coefficient (Wildman–Crippen LogP) is 2.26. The van der Waals surface area contributed by atoms with E-state index in [4.69, 9.17) is 0 Å². The molecule has 0 aromatic heterocycles. The van der Waals surface area contributed by atoms with Crippen molar-refractivity contribution in [3.8, 4) is 5.75 Å². The smallest absolute Gasteiger partial charge is 0.265 e. The van der Waals surface area contributed by atoms with Crippen molar-refractivity contribution in [2.24, 2.45) is 0 Å². The molecule has 2 N–H and O–H groups in total. The summed E-state index contributed by atoms with van der Waals surface area (Å²) in [7, 11) is -0.0617. The van der Waals surface area contributed by atoms with Crippen LogP contribution in [0.3, 0.4) is 0 Å². The minimum Gasteiger partial charge on any atom is -0.507 e. The fraction of sp³-hybridized carbons (Fsp3) is 0.143. The maximum absolute atomic E-state index is 12.2. The number of nitrogens with one attached hydrogen (secondary N) is 1. The number of para-hydroxylation sites is 1. The van der Waals surface area contributed by atoms with Crippen LogP contribution < -0.4 is 9.62 Å². The first-order valence-corrected chi connectivity index (χ1v) is 7.47. The Hall–Kier alpha value is -2.21. The van der Waals surface area contributed by atoms with E-state index in [2.05, 4.69) is 4.72 Å². The normalized spacial score (nSPS) is 11.1. The molecular weight excluding hydrogens is 276 g/mol. The second-order valence-corrected chi connectivity index (χ2v) is 6.17. The van der Waals surface area contributed by atoms with Crippen LogP contribution in [0, 0.1) is 0 Å². The lowest BCUT2D eigenvalue weighted by atomic mass is 10.3. The molecule has 0 atom stereocenters. The monoisotopic (exact) mass is 292 g/mol. The minimum atomic E-state index is -3.80. The Morgan fingerprint density at radius 2 is 1.75 bits per heavy atom. The summed E-state index contributed by atoms with van der Waals surface area (Å²) < 4.78 is 26.9. The third kappa shape index (κ3) is 3.03. The number of hydrogen-bond donors (Lipinski definition) is 2. The van der Waals surface area contributed by atoms with E-state index >= 15 is 0 Å². The average molecular weight is 292 g/mol. The van der Waals surface area contributed by atoms with Gasteiger partial charge in [-0.1, -0.05) is 18.2 Å². The molecule has 2 rings (SSSR count). The highest BCUT2D eigenvalue weighted by Crippen LogP contribution is 2.25. The van der Waals surface area contributed by atoms with E-state index in [1.807, 2.05) is 25.1 Å². The van der Waals surface area contributed by atoms with Gasteiger partial charge in [0.25, 0.3) is 10.0 Å². The van der Waals surface area contributed by atoms with Crippen LogP contribution in [0.1, 0.15) is 0 Å². The summed E-state index contributed by atoms with van der Waals surface area (Å²) in [5, 5.41) is 9.64. The number of aromatic hydroxyl groups is 1. The van der Waals surface area contributed by atoms with Crippen LogP contribution in [0.15, 0.2) is 53.4 Å². The lowest BCUT2D eigenvalue weighted by molar-refractivity contribution is 0.459.